The van der Waals surface area contributed by atoms with Gasteiger partial charge in [-0.2, -0.15) is 5.26 Å². The summed E-state index contributed by atoms with van der Waals surface area (Å²) in [4.78, 5) is 14.1. The Balaban J connectivity index is 1.99. The van der Waals surface area contributed by atoms with Crippen molar-refractivity contribution in [2.24, 2.45) is 0 Å². The number of aliphatic hydroxyl groups excluding tert-OH is 1. The lowest BCUT2D eigenvalue weighted by Crippen LogP contribution is -2.36. The van der Waals surface area contributed by atoms with Crippen molar-refractivity contribution in [3.05, 3.63) is 30.2 Å². The van der Waals surface area contributed by atoms with E-state index in [1.165, 1.54) is 0 Å². The fourth-order valence-electron chi connectivity index (χ4n) is 3.18. The second kappa shape index (κ2) is 4.97. The average molecular weight is 293 g/mol. The molecule has 2 N–H and O–H groups in total. The molecule has 6 nitrogen and oxygen atoms in total. The standard InChI is InChI=1S/C16H15N5O/c17-8-12-15(21-6-3-10(22)4-7-21)14-11-2-1-5-18-16(11)20-13(14)9-19-12/h1-2,5,9-10,22H,3-4,6-7H2,(H,18,20). The molecule has 3 aromatic heterocycles. The third-order valence-corrected chi connectivity index (χ3v) is 4.27. The van der Waals surface area contributed by atoms with E-state index >= 15 is 0 Å². The zero-order chi connectivity index (χ0) is 15.1. The molecule has 1 fully saturated rings. The molecule has 3 aromatic rings. The highest BCUT2D eigenvalue weighted by molar-refractivity contribution is 6.13. The first-order valence-corrected chi connectivity index (χ1v) is 7.36. The number of nitrogens with one attached hydrogen (secondary N) is 1. The molecule has 110 valence electrons. The number of anilines is 1. The van der Waals surface area contributed by atoms with Crippen molar-refractivity contribution in [2.75, 3.05) is 18.0 Å². The van der Waals surface area contributed by atoms with Gasteiger partial charge in [-0.25, -0.2) is 9.97 Å². The molecule has 0 radical (unpaired) electrons. The highest BCUT2D eigenvalue weighted by Gasteiger charge is 2.24. The monoisotopic (exact) mass is 293 g/mol. The molecule has 1 aliphatic heterocycles. The van der Waals surface area contributed by atoms with Crippen molar-refractivity contribution in [3.63, 3.8) is 0 Å². The summed E-state index contributed by atoms with van der Waals surface area (Å²) in [5.74, 6) is 0. The molecule has 1 saturated heterocycles. The van der Waals surface area contributed by atoms with Crippen LogP contribution in [0.4, 0.5) is 5.69 Å². The van der Waals surface area contributed by atoms with E-state index in [0.717, 1.165) is 40.7 Å². The van der Waals surface area contributed by atoms with E-state index in [0.29, 0.717) is 18.5 Å². The molecule has 4 heterocycles. The van der Waals surface area contributed by atoms with Gasteiger partial charge in [0.15, 0.2) is 5.69 Å². The molecule has 0 atom stereocenters. The number of aliphatic hydroxyl groups is 1. The van der Waals surface area contributed by atoms with Crippen LogP contribution in [0.5, 0.6) is 0 Å². The number of nitriles is 1. The van der Waals surface area contributed by atoms with E-state index in [1.54, 1.807) is 12.4 Å². The average Bonchev–Trinajstić information content (AvgIpc) is 2.93. The first-order valence-electron chi connectivity index (χ1n) is 7.36. The Labute approximate surface area is 127 Å². The predicted octanol–water partition coefficient (Wildman–Crippen LogP) is 1.94. The Morgan fingerprint density at radius 2 is 2.14 bits per heavy atom. The van der Waals surface area contributed by atoms with Crippen molar-refractivity contribution >= 4 is 27.6 Å². The second-order valence-electron chi connectivity index (χ2n) is 5.60. The summed E-state index contributed by atoms with van der Waals surface area (Å²) in [6, 6.07) is 6.10. The molecule has 0 aliphatic carbocycles. The van der Waals surface area contributed by atoms with Crippen molar-refractivity contribution in [2.45, 2.75) is 18.9 Å². The summed E-state index contributed by atoms with van der Waals surface area (Å²) in [6.07, 6.45) is 4.60. The maximum Gasteiger partial charge on any atom is 0.164 e. The number of fused-ring (bicyclic) bond motifs is 3. The molecule has 0 saturated carbocycles. The SMILES string of the molecule is N#Cc1ncc2[nH]c3ncccc3c2c1N1CCC(O)CC1. The number of aromatic amines is 1. The lowest BCUT2D eigenvalue weighted by molar-refractivity contribution is 0.145. The number of piperidine rings is 1. The van der Waals surface area contributed by atoms with Crippen LogP contribution >= 0.6 is 0 Å². The number of aromatic nitrogens is 3. The minimum Gasteiger partial charge on any atom is -0.393 e. The molecule has 22 heavy (non-hydrogen) atoms. The number of hydrogen-bond acceptors (Lipinski definition) is 5. The van der Waals surface area contributed by atoms with Gasteiger partial charge in [0.05, 0.1) is 23.5 Å². The largest absolute Gasteiger partial charge is 0.393 e. The van der Waals surface area contributed by atoms with E-state index in [9.17, 15) is 10.4 Å². The quantitative estimate of drug-likeness (QED) is 0.716. The Bertz CT molecular complexity index is 887. The summed E-state index contributed by atoms with van der Waals surface area (Å²) in [6.45, 7) is 1.45. The molecular weight excluding hydrogens is 278 g/mol. The molecule has 0 unspecified atom stereocenters. The number of rotatable bonds is 1. The van der Waals surface area contributed by atoms with Gasteiger partial charge in [-0.3, -0.25) is 0 Å². The Hall–Kier alpha value is -2.65. The summed E-state index contributed by atoms with van der Waals surface area (Å²) in [5, 5.41) is 21.2. The Kier molecular flexibility index (Phi) is 2.94. The fourth-order valence-corrected chi connectivity index (χ4v) is 3.18. The lowest BCUT2D eigenvalue weighted by Gasteiger charge is -2.32. The highest BCUT2D eigenvalue weighted by Crippen LogP contribution is 2.35. The first kappa shape index (κ1) is 13.0. The van der Waals surface area contributed by atoms with Gasteiger partial charge >= 0.3 is 0 Å². The smallest absolute Gasteiger partial charge is 0.164 e. The maximum atomic E-state index is 9.72. The predicted molar refractivity (Wildman–Crippen MR) is 83.6 cm³/mol. The minimum atomic E-state index is -0.251. The van der Waals surface area contributed by atoms with E-state index in [-0.39, 0.29) is 6.10 Å². The van der Waals surface area contributed by atoms with Crippen LogP contribution in [0.3, 0.4) is 0 Å². The third kappa shape index (κ3) is 1.90. The van der Waals surface area contributed by atoms with Crippen molar-refractivity contribution in [1.82, 2.24) is 15.0 Å². The summed E-state index contributed by atoms with van der Waals surface area (Å²) < 4.78 is 0. The number of hydrogen-bond donors (Lipinski definition) is 2. The molecule has 0 bridgehead atoms. The summed E-state index contributed by atoms with van der Waals surface area (Å²) in [7, 11) is 0. The third-order valence-electron chi connectivity index (χ3n) is 4.27. The van der Waals surface area contributed by atoms with Gasteiger partial charge in [0.1, 0.15) is 11.7 Å². The normalized spacial score (nSPS) is 16.3. The highest BCUT2D eigenvalue weighted by atomic mass is 16.3. The van der Waals surface area contributed by atoms with Crippen LogP contribution in [0.1, 0.15) is 18.5 Å². The van der Waals surface area contributed by atoms with Crippen LogP contribution in [0.25, 0.3) is 21.9 Å². The van der Waals surface area contributed by atoms with Crippen LogP contribution in [-0.4, -0.2) is 39.3 Å². The number of nitrogens with zero attached hydrogens (tertiary/aromatic N) is 4. The zero-order valence-corrected chi connectivity index (χ0v) is 12.0. The number of pyridine rings is 2. The number of H-pyrrole nitrogens is 1. The van der Waals surface area contributed by atoms with Gasteiger partial charge in [0, 0.05) is 30.1 Å². The van der Waals surface area contributed by atoms with Crippen LogP contribution in [-0.2, 0) is 0 Å². The first-order chi connectivity index (χ1) is 10.8. The van der Waals surface area contributed by atoms with Crippen LogP contribution in [0.2, 0.25) is 0 Å². The van der Waals surface area contributed by atoms with E-state index in [2.05, 4.69) is 25.9 Å². The summed E-state index contributed by atoms with van der Waals surface area (Å²) in [5.41, 5.74) is 2.96. The minimum absolute atomic E-state index is 0.251. The fraction of sp³-hybridized carbons (Fsp3) is 0.312. The zero-order valence-electron chi connectivity index (χ0n) is 12.0. The van der Waals surface area contributed by atoms with Gasteiger partial charge in [-0.15, -0.1) is 0 Å². The molecule has 0 spiro atoms. The molecule has 1 aliphatic rings. The van der Waals surface area contributed by atoms with Crippen molar-refractivity contribution in [1.29, 1.82) is 5.26 Å². The van der Waals surface area contributed by atoms with E-state index in [1.807, 2.05) is 12.1 Å². The molecule has 4 rings (SSSR count). The Morgan fingerprint density at radius 3 is 2.91 bits per heavy atom. The van der Waals surface area contributed by atoms with Gasteiger partial charge in [0.25, 0.3) is 0 Å². The van der Waals surface area contributed by atoms with Crippen molar-refractivity contribution in [3.8, 4) is 6.07 Å². The van der Waals surface area contributed by atoms with Gasteiger partial charge in [0.2, 0.25) is 0 Å². The van der Waals surface area contributed by atoms with Gasteiger partial charge in [-0.1, -0.05) is 0 Å². The van der Waals surface area contributed by atoms with E-state index in [4.69, 9.17) is 0 Å². The van der Waals surface area contributed by atoms with Gasteiger partial charge in [-0.05, 0) is 25.0 Å². The van der Waals surface area contributed by atoms with Crippen LogP contribution < -0.4 is 4.90 Å². The lowest BCUT2D eigenvalue weighted by atomic mass is 10.0. The topological polar surface area (TPSA) is 88.8 Å². The van der Waals surface area contributed by atoms with E-state index < -0.39 is 0 Å². The Morgan fingerprint density at radius 1 is 1.32 bits per heavy atom. The van der Waals surface area contributed by atoms with Crippen molar-refractivity contribution < 1.29 is 5.11 Å². The maximum absolute atomic E-state index is 9.72. The second-order valence-corrected chi connectivity index (χ2v) is 5.60. The van der Waals surface area contributed by atoms with Gasteiger partial charge < -0.3 is 15.0 Å². The molecule has 6 heteroatoms. The molecule has 0 aromatic carbocycles. The van der Waals surface area contributed by atoms with Crippen LogP contribution in [0, 0.1) is 11.3 Å². The molecule has 0 amide bonds. The van der Waals surface area contributed by atoms with Crippen LogP contribution in [0.15, 0.2) is 24.5 Å². The summed E-state index contributed by atoms with van der Waals surface area (Å²) >= 11 is 0. The molecular formula is C16H15N5O.